The van der Waals surface area contributed by atoms with Gasteiger partial charge in [0.25, 0.3) is 0 Å². The van der Waals surface area contributed by atoms with E-state index in [1.54, 1.807) is 11.1 Å². The van der Waals surface area contributed by atoms with Crippen molar-refractivity contribution in [3.63, 3.8) is 0 Å². The lowest BCUT2D eigenvalue weighted by molar-refractivity contribution is 0.173. The molecule has 4 rings (SSSR count). The summed E-state index contributed by atoms with van der Waals surface area (Å²) >= 11 is 0. The van der Waals surface area contributed by atoms with Gasteiger partial charge in [0, 0.05) is 32.0 Å². The molecule has 7 nitrogen and oxygen atoms in total. The fourth-order valence-corrected chi connectivity index (χ4v) is 3.32. The summed E-state index contributed by atoms with van der Waals surface area (Å²) in [5, 5.41) is 7.31. The molecule has 0 atom stereocenters. The number of ether oxygens (including phenoxy) is 2. The van der Waals surface area contributed by atoms with Gasteiger partial charge in [0.1, 0.15) is 0 Å². The summed E-state index contributed by atoms with van der Waals surface area (Å²) in [5.74, 6) is 1.47. The van der Waals surface area contributed by atoms with E-state index in [0.29, 0.717) is 26.2 Å². The minimum atomic E-state index is -0.0981. The van der Waals surface area contributed by atoms with Gasteiger partial charge in [-0.1, -0.05) is 30.3 Å². The predicted octanol–water partition coefficient (Wildman–Crippen LogP) is 3.39. The van der Waals surface area contributed by atoms with Crippen molar-refractivity contribution in [1.82, 2.24) is 20.0 Å². The lowest BCUT2D eigenvalue weighted by atomic mass is 10.1. The quantitative estimate of drug-likeness (QED) is 0.669. The Morgan fingerprint density at radius 3 is 2.76 bits per heavy atom. The average molecular weight is 392 g/mol. The van der Waals surface area contributed by atoms with Crippen molar-refractivity contribution in [2.24, 2.45) is 0 Å². The number of nitrogens with zero attached hydrogens (tertiary/aromatic N) is 3. The van der Waals surface area contributed by atoms with Crippen LogP contribution in [0.2, 0.25) is 0 Å². The van der Waals surface area contributed by atoms with Crippen molar-refractivity contribution < 1.29 is 14.3 Å². The first-order valence-electron chi connectivity index (χ1n) is 9.68. The van der Waals surface area contributed by atoms with Crippen LogP contribution in [0.1, 0.15) is 23.6 Å². The molecule has 0 saturated heterocycles. The molecule has 0 bridgehead atoms. The van der Waals surface area contributed by atoms with E-state index >= 15 is 0 Å². The minimum Gasteiger partial charge on any atom is -0.454 e. The maximum absolute atomic E-state index is 12.8. The Hall–Kier alpha value is -3.48. The van der Waals surface area contributed by atoms with Crippen molar-refractivity contribution in [2.45, 2.75) is 26.6 Å². The Bertz CT molecular complexity index is 972. The molecule has 0 radical (unpaired) electrons. The second-order valence-corrected chi connectivity index (χ2v) is 6.83. The van der Waals surface area contributed by atoms with Gasteiger partial charge in [-0.05, 0) is 41.8 Å². The average Bonchev–Trinajstić information content (AvgIpc) is 3.42. The lowest BCUT2D eigenvalue weighted by Crippen LogP contribution is -2.39. The highest BCUT2D eigenvalue weighted by atomic mass is 16.7. The van der Waals surface area contributed by atoms with Crippen molar-refractivity contribution in [1.29, 1.82) is 0 Å². The number of amides is 2. The van der Waals surface area contributed by atoms with E-state index in [1.165, 1.54) is 0 Å². The maximum Gasteiger partial charge on any atom is 0.317 e. The highest BCUT2D eigenvalue weighted by molar-refractivity contribution is 5.74. The second kappa shape index (κ2) is 8.68. The van der Waals surface area contributed by atoms with Crippen LogP contribution in [0, 0.1) is 0 Å². The number of nitrogens with one attached hydrogen (secondary N) is 1. The van der Waals surface area contributed by atoms with Crippen molar-refractivity contribution in [3.05, 3.63) is 77.6 Å². The predicted molar refractivity (Wildman–Crippen MR) is 109 cm³/mol. The van der Waals surface area contributed by atoms with Crippen LogP contribution >= 0.6 is 0 Å². The van der Waals surface area contributed by atoms with E-state index in [2.05, 4.69) is 16.5 Å². The van der Waals surface area contributed by atoms with Gasteiger partial charge in [-0.3, -0.25) is 4.68 Å². The van der Waals surface area contributed by atoms with Crippen LogP contribution in [-0.2, 0) is 19.6 Å². The first-order chi connectivity index (χ1) is 14.2. The zero-order valence-electron chi connectivity index (χ0n) is 16.4. The van der Waals surface area contributed by atoms with Crippen LogP contribution in [0.15, 0.2) is 60.9 Å². The second-order valence-electron chi connectivity index (χ2n) is 6.83. The normalized spacial score (nSPS) is 12.0. The number of urea groups is 1. The van der Waals surface area contributed by atoms with E-state index < -0.39 is 0 Å². The third-order valence-electron chi connectivity index (χ3n) is 4.92. The summed E-state index contributed by atoms with van der Waals surface area (Å²) in [7, 11) is 0. The summed E-state index contributed by atoms with van der Waals surface area (Å²) in [6.07, 6.45) is 3.69. The Morgan fingerprint density at radius 2 is 1.97 bits per heavy atom. The number of fused-ring (bicyclic) bond motifs is 1. The topological polar surface area (TPSA) is 68.6 Å². The highest BCUT2D eigenvalue weighted by Gasteiger charge is 2.17. The molecule has 0 aliphatic carbocycles. The van der Waals surface area contributed by atoms with Gasteiger partial charge in [-0.15, -0.1) is 0 Å². The molecule has 2 amide bonds. The van der Waals surface area contributed by atoms with Crippen molar-refractivity contribution in [2.75, 3.05) is 13.3 Å². The fourth-order valence-electron chi connectivity index (χ4n) is 3.32. The first-order valence-corrected chi connectivity index (χ1v) is 9.68. The van der Waals surface area contributed by atoms with E-state index in [4.69, 9.17) is 9.47 Å². The third kappa shape index (κ3) is 4.51. The Balaban J connectivity index is 1.38. The van der Waals surface area contributed by atoms with Crippen LogP contribution in [0.5, 0.6) is 11.5 Å². The number of benzene rings is 2. The van der Waals surface area contributed by atoms with Crippen LogP contribution in [0.4, 0.5) is 4.79 Å². The molecule has 150 valence electrons. The maximum atomic E-state index is 12.8. The molecule has 1 aromatic heterocycles. The molecule has 0 fully saturated rings. The Labute approximate surface area is 169 Å². The molecule has 29 heavy (non-hydrogen) atoms. The largest absolute Gasteiger partial charge is 0.454 e. The highest BCUT2D eigenvalue weighted by Crippen LogP contribution is 2.32. The van der Waals surface area contributed by atoms with E-state index in [-0.39, 0.29) is 12.8 Å². The van der Waals surface area contributed by atoms with Crippen molar-refractivity contribution in [3.8, 4) is 11.5 Å². The van der Waals surface area contributed by atoms with Crippen LogP contribution in [0.25, 0.3) is 0 Å². The number of hydrogen-bond donors (Lipinski definition) is 1. The monoisotopic (exact) mass is 392 g/mol. The number of carbonyl (C=O) groups is 1. The van der Waals surface area contributed by atoms with Gasteiger partial charge < -0.3 is 19.7 Å². The van der Waals surface area contributed by atoms with Gasteiger partial charge >= 0.3 is 6.03 Å². The summed E-state index contributed by atoms with van der Waals surface area (Å²) < 4.78 is 12.6. The summed E-state index contributed by atoms with van der Waals surface area (Å²) in [6, 6.07) is 15.7. The standard InChI is InChI=1S/C22H24N4O3/c1-2-25(14-17-8-9-20-21(12-17)29-16-28-20)22(27)23-13-18-6-3-4-7-19(18)15-26-11-5-10-24-26/h3-12H,2,13-16H2,1H3,(H,23,27). The van der Waals surface area contributed by atoms with Gasteiger partial charge in [-0.2, -0.15) is 5.10 Å². The Kier molecular flexibility index (Phi) is 5.65. The zero-order chi connectivity index (χ0) is 20.1. The van der Waals surface area contributed by atoms with Crippen LogP contribution in [0.3, 0.4) is 0 Å². The molecule has 1 N–H and O–H groups in total. The molecule has 1 aliphatic rings. The van der Waals surface area contributed by atoms with E-state index in [9.17, 15) is 4.79 Å². The van der Waals surface area contributed by atoms with Gasteiger partial charge in [0.05, 0.1) is 6.54 Å². The van der Waals surface area contributed by atoms with Crippen molar-refractivity contribution >= 4 is 6.03 Å². The SMILES string of the molecule is CCN(Cc1ccc2c(c1)OCO2)C(=O)NCc1ccccc1Cn1cccn1. The summed E-state index contributed by atoms with van der Waals surface area (Å²) in [6.45, 7) is 4.47. The van der Waals surface area contributed by atoms with Gasteiger partial charge in [-0.25, -0.2) is 4.79 Å². The fraction of sp³-hybridized carbons (Fsp3) is 0.273. The van der Waals surface area contributed by atoms with Crippen LogP contribution < -0.4 is 14.8 Å². The number of aromatic nitrogens is 2. The number of rotatable bonds is 7. The van der Waals surface area contributed by atoms with E-state index in [1.807, 2.05) is 60.3 Å². The zero-order valence-corrected chi connectivity index (χ0v) is 16.4. The Morgan fingerprint density at radius 1 is 1.14 bits per heavy atom. The summed E-state index contributed by atoms with van der Waals surface area (Å²) in [4.78, 5) is 14.5. The first kappa shape index (κ1) is 18.9. The molecule has 2 aromatic carbocycles. The smallest absolute Gasteiger partial charge is 0.317 e. The lowest BCUT2D eigenvalue weighted by Gasteiger charge is -2.22. The molecular formula is C22H24N4O3. The molecule has 0 unspecified atom stereocenters. The molecule has 3 aromatic rings. The summed E-state index contributed by atoms with van der Waals surface area (Å²) in [5.41, 5.74) is 3.22. The third-order valence-corrected chi connectivity index (χ3v) is 4.92. The van der Waals surface area contributed by atoms with Gasteiger partial charge in [0.15, 0.2) is 11.5 Å². The minimum absolute atomic E-state index is 0.0981. The van der Waals surface area contributed by atoms with Gasteiger partial charge in [0.2, 0.25) is 6.79 Å². The molecule has 0 saturated carbocycles. The van der Waals surface area contributed by atoms with Crippen LogP contribution in [-0.4, -0.2) is 34.0 Å². The molecule has 0 spiro atoms. The number of hydrogen-bond acceptors (Lipinski definition) is 4. The number of carbonyl (C=O) groups excluding carboxylic acids is 1. The van der Waals surface area contributed by atoms with E-state index in [0.717, 1.165) is 28.2 Å². The molecule has 1 aliphatic heterocycles. The molecule has 2 heterocycles. The molecule has 7 heteroatoms. The molecular weight excluding hydrogens is 368 g/mol.